The highest BCUT2D eigenvalue weighted by Gasteiger charge is 2.13. The third kappa shape index (κ3) is 2.16. The van der Waals surface area contributed by atoms with Gasteiger partial charge in [0.25, 0.3) is 0 Å². The van der Waals surface area contributed by atoms with Crippen LogP contribution in [0.1, 0.15) is 0 Å². The van der Waals surface area contributed by atoms with Crippen molar-refractivity contribution in [3.63, 3.8) is 0 Å². The summed E-state index contributed by atoms with van der Waals surface area (Å²) in [4.78, 5) is 4.52. The van der Waals surface area contributed by atoms with Crippen molar-refractivity contribution >= 4 is 54.9 Å². The van der Waals surface area contributed by atoms with E-state index in [0.717, 1.165) is 20.2 Å². The number of hydrogen-bond donors (Lipinski definition) is 1. The van der Waals surface area contributed by atoms with E-state index in [-0.39, 0.29) is 0 Å². The first kappa shape index (κ1) is 13.0. The minimum atomic E-state index is 0.576. The van der Waals surface area contributed by atoms with Crippen molar-refractivity contribution in [1.82, 2.24) is 9.38 Å². The molecule has 0 unspecified atom stereocenters. The summed E-state index contributed by atoms with van der Waals surface area (Å²) in [6.07, 6.45) is 1.85. The lowest BCUT2D eigenvalue weighted by molar-refractivity contribution is 1.20. The monoisotopic (exact) mass is 399 g/mol. The molecule has 0 atom stereocenters. The van der Waals surface area contributed by atoms with E-state index in [4.69, 9.17) is 17.3 Å². The number of nitrogens with zero attached hydrogens (tertiary/aromatic N) is 2. The van der Waals surface area contributed by atoms with Gasteiger partial charge in [-0.2, -0.15) is 0 Å². The Morgan fingerprint density at radius 1 is 1.16 bits per heavy atom. The molecule has 0 saturated heterocycles. The first-order valence-corrected chi connectivity index (χ1v) is 7.42. The van der Waals surface area contributed by atoms with E-state index >= 15 is 0 Å². The molecular formula is C13H8Br2ClN3. The van der Waals surface area contributed by atoms with Crippen LogP contribution in [-0.4, -0.2) is 9.38 Å². The Balaban J connectivity index is 2.28. The topological polar surface area (TPSA) is 43.3 Å². The molecular weight excluding hydrogens is 393 g/mol. The standard InChI is InChI=1S/C13H8Br2ClN3/c14-8-4-3-7(6-9(8)15)11-12(17)19-5-1-2-10(16)13(19)18-11/h1-6H,17H2. The predicted molar refractivity (Wildman–Crippen MR) is 85.5 cm³/mol. The molecule has 3 rings (SSSR count). The van der Waals surface area contributed by atoms with Crippen molar-refractivity contribution in [2.24, 2.45) is 0 Å². The summed E-state index contributed by atoms with van der Waals surface area (Å²) in [7, 11) is 0. The Bertz CT molecular complexity index is 783. The zero-order chi connectivity index (χ0) is 13.6. The van der Waals surface area contributed by atoms with Gasteiger partial charge in [0.1, 0.15) is 11.5 Å². The molecule has 0 aliphatic rings. The molecule has 3 aromatic rings. The van der Waals surface area contributed by atoms with Crippen LogP contribution in [0.15, 0.2) is 45.5 Å². The Hall–Kier alpha value is -1.04. The van der Waals surface area contributed by atoms with Gasteiger partial charge in [0.2, 0.25) is 0 Å². The first-order valence-electron chi connectivity index (χ1n) is 5.45. The molecule has 0 bridgehead atoms. The number of anilines is 1. The van der Waals surface area contributed by atoms with E-state index < -0.39 is 0 Å². The third-order valence-corrected chi connectivity index (χ3v) is 5.01. The number of nitrogens with two attached hydrogens (primary N) is 1. The Labute approximate surface area is 131 Å². The van der Waals surface area contributed by atoms with E-state index in [0.29, 0.717) is 16.5 Å². The molecule has 2 N–H and O–H groups in total. The average molecular weight is 401 g/mol. The lowest BCUT2D eigenvalue weighted by atomic mass is 10.1. The summed E-state index contributed by atoms with van der Waals surface area (Å²) in [6, 6.07) is 9.51. The fourth-order valence-corrected chi connectivity index (χ4v) is 2.74. The molecule has 96 valence electrons. The van der Waals surface area contributed by atoms with Gasteiger partial charge in [-0.05, 0) is 56.1 Å². The van der Waals surface area contributed by atoms with Gasteiger partial charge in [-0.25, -0.2) is 4.98 Å². The second-order valence-electron chi connectivity index (χ2n) is 4.02. The van der Waals surface area contributed by atoms with Crippen molar-refractivity contribution in [1.29, 1.82) is 0 Å². The molecule has 0 spiro atoms. The van der Waals surface area contributed by atoms with Gasteiger partial charge in [-0.15, -0.1) is 0 Å². The Kier molecular flexibility index (Phi) is 3.28. The molecule has 2 aromatic heterocycles. The van der Waals surface area contributed by atoms with Crippen molar-refractivity contribution in [2.45, 2.75) is 0 Å². The van der Waals surface area contributed by atoms with E-state index in [1.54, 1.807) is 10.5 Å². The average Bonchev–Trinajstić information content (AvgIpc) is 2.72. The van der Waals surface area contributed by atoms with Crippen LogP contribution in [0.3, 0.4) is 0 Å². The van der Waals surface area contributed by atoms with Crippen LogP contribution in [0.4, 0.5) is 5.82 Å². The number of hydrogen-bond acceptors (Lipinski definition) is 2. The molecule has 0 saturated carbocycles. The maximum Gasteiger partial charge on any atom is 0.157 e. The highest BCUT2D eigenvalue weighted by molar-refractivity contribution is 9.13. The number of nitrogen functional groups attached to an aromatic ring is 1. The number of fused-ring (bicyclic) bond motifs is 1. The summed E-state index contributed by atoms with van der Waals surface area (Å²) in [6.45, 7) is 0. The normalized spacial score (nSPS) is 11.1. The minimum absolute atomic E-state index is 0.576. The van der Waals surface area contributed by atoms with Crippen molar-refractivity contribution < 1.29 is 0 Å². The highest BCUT2D eigenvalue weighted by Crippen LogP contribution is 2.33. The lowest BCUT2D eigenvalue weighted by Crippen LogP contribution is -1.93. The summed E-state index contributed by atoms with van der Waals surface area (Å²) in [5, 5.41) is 0.580. The number of benzene rings is 1. The third-order valence-electron chi connectivity index (χ3n) is 2.83. The van der Waals surface area contributed by atoms with Crippen molar-refractivity contribution in [3.05, 3.63) is 50.5 Å². The number of rotatable bonds is 1. The van der Waals surface area contributed by atoms with Crippen LogP contribution >= 0.6 is 43.5 Å². The van der Waals surface area contributed by atoms with E-state index in [1.807, 2.05) is 30.5 Å². The number of imidazole rings is 1. The van der Waals surface area contributed by atoms with E-state index in [2.05, 4.69) is 36.8 Å². The Morgan fingerprint density at radius 2 is 1.95 bits per heavy atom. The fourth-order valence-electron chi connectivity index (χ4n) is 1.91. The molecule has 0 amide bonds. The van der Waals surface area contributed by atoms with Crippen LogP contribution < -0.4 is 5.73 Å². The van der Waals surface area contributed by atoms with Gasteiger partial charge in [0.05, 0.1) is 5.02 Å². The lowest BCUT2D eigenvalue weighted by Gasteiger charge is -2.02. The van der Waals surface area contributed by atoms with Crippen LogP contribution in [0.2, 0.25) is 5.02 Å². The Morgan fingerprint density at radius 3 is 2.63 bits per heavy atom. The van der Waals surface area contributed by atoms with Crippen molar-refractivity contribution in [3.8, 4) is 11.3 Å². The molecule has 0 aliphatic heterocycles. The summed E-state index contributed by atoms with van der Waals surface area (Å²) >= 11 is 13.1. The van der Waals surface area contributed by atoms with E-state index in [1.165, 1.54) is 0 Å². The molecule has 1 aromatic carbocycles. The quantitative estimate of drug-likeness (QED) is 0.639. The number of aromatic nitrogens is 2. The highest BCUT2D eigenvalue weighted by atomic mass is 79.9. The number of pyridine rings is 1. The molecule has 2 heterocycles. The van der Waals surface area contributed by atoms with Crippen LogP contribution in [0.25, 0.3) is 16.9 Å². The number of halogens is 3. The second kappa shape index (κ2) is 4.81. The predicted octanol–water partition coefficient (Wildman–Crippen LogP) is 4.76. The summed E-state index contributed by atoms with van der Waals surface area (Å²) in [5.74, 6) is 0.576. The fraction of sp³-hybridized carbons (Fsp3) is 0. The zero-order valence-corrected chi connectivity index (χ0v) is 13.5. The van der Waals surface area contributed by atoms with Gasteiger partial charge < -0.3 is 5.73 Å². The van der Waals surface area contributed by atoms with Crippen molar-refractivity contribution in [2.75, 3.05) is 5.73 Å². The largest absolute Gasteiger partial charge is 0.383 e. The molecule has 6 heteroatoms. The molecule has 0 radical (unpaired) electrons. The zero-order valence-electron chi connectivity index (χ0n) is 9.57. The van der Waals surface area contributed by atoms with Crippen LogP contribution in [0, 0.1) is 0 Å². The van der Waals surface area contributed by atoms with Gasteiger partial charge >= 0.3 is 0 Å². The minimum Gasteiger partial charge on any atom is -0.383 e. The van der Waals surface area contributed by atoms with Gasteiger partial charge in [-0.1, -0.05) is 17.7 Å². The maximum atomic E-state index is 6.14. The molecule has 0 fully saturated rings. The van der Waals surface area contributed by atoms with Gasteiger partial charge in [-0.3, -0.25) is 4.40 Å². The summed E-state index contributed by atoms with van der Waals surface area (Å²) < 4.78 is 3.72. The maximum absolute atomic E-state index is 6.14. The van der Waals surface area contributed by atoms with Gasteiger partial charge in [0, 0.05) is 20.7 Å². The van der Waals surface area contributed by atoms with E-state index in [9.17, 15) is 0 Å². The molecule has 0 aliphatic carbocycles. The SMILES string of the molecule is Nc1c(-c2ccc(Br)c(Br)c2)nc2c(Cl)cccn12. The summed E-state index contributed by atoms with van der Waals surface area (Å²) in [5.41, 5.74) is 8.47. The second-order valence-corrected chi connectivity index (χ2v) is 6.14. The van der Waals surface area contributed by atoms with Gasteiger partial charge in [0.15, 0.2) is 5.65 Å². The molecule has 19 heavy (non-hydrogen) atoms. The smallest absolute Gasteiger partial charge is 0.157 e. The van der Waals surface area contributed by atoms with Crippen LogP contribution in [-0.2, 0) is 0 Å². The first-order chi connectivity index (χ1) is 9.08. The van der Waals surface area contributed by atoms with Crippen LogP contribution in [0.5, 0.6) is 0 Å². The molecule has 3 nitrogen and oxygen atoms in total.